The van der Waals surface area contributed by atoms with Crippen molar-refractivity contribution in [1.82, 2.24) is 4.90 Å². The highest BCUT2D eigenvalue weighted by atomic mass is 35.5. The number of hydrogen-bond donors (Lipinski definition) is 1. The van der Waals surface area contributed by atoms with Crippen LogP contribution in [0.3, 0.4) is 0 Å². The maximum Gasteiger partial charge on any atom is 0.0500 e. The zero-order valence-corrected chi connectivity index (χ0v) is 12.2. The van der Waals surface area contributed by atoms with Gasteiger partial charge >= 0.3 is 0 Å². The summed E-state index contributed by atoms with van der Waals surface area (Å²) in [6.45, 7) is 8.73. The van der Waals surface area contributed by atoms with Crippen LogP contribution in [0.1, 0.15) is 37.4 Å². The summed E-state index contributed by atoms with van der Waals surface area (Å²) in [5.74, 6) is 0.665. The van der Waals surface area contributed by atoms with Crippen LogP contribution in [0.4, 0.5) is 0 Å². The molecular formula is C15H23ClN2. The van der Waals surface area contributed by atoms with Gasteiger partial charge in [-0.05, 0) is 36.5 Å². The number of likely N-dealkylation sites (tertiary alicyclic amines) is 1. The molecule has 0 amide bonds. The van der Waals surface area contributed by atoms with Crippen molar-refractivity contribution in [2.45, 2.75) is 39.3 Å². The van der Waals surface area contributed by atoms with Gasteiger partial charge in [0.25, 0.3) is 0 Å². The molecule has 2 nitrogen and oxygen atoms in total. The Hall–Kier alpha value is -0.570. The van der Waals surface area contributed by atoms with Gasteiger partial charge in [0.1, 0.15) is 0 Å². The minimum Gasteiger partial charge on any atom is -0.326 e. The van der Waals surface area contributed by atoms with Crippen LogP contribution in [0.15, 0.2) is 18.2 Å². The van der Waals surface area contributed by atoms with Crippen LogP contribution < -0.4 is 5.73 Å². The molecule has 0 saturated carbocycles. The van der Waals surface area contributed by atoms with Crippen LogP contribution in [-0.4, -0.2) is 24.0 Å². The number of rotatable bonds is 3. The van der Waals surface area contributed by atoms with Crippen molar-refractivity contribution in [3.05, 3.63) is 34.3 Å². The van der Waals surface area contributed by atoms with Gasteiger partial charge in [-0.1, -0.05) is 37.6 Å². The number of halogens is 1. The average molecular weight is 267 g/mol. The quantitative estimate of drug-likeness (QED) is 0.909. The zero-order chi connectivity index (χ0) is 13.3. The van der Waals surface area contributed by atoms with Crippen molar-refractivity contribution in [3.63, 3.8) is 0 Å². The Kier molecular flexibility index (Phi) is 4.31. The van der Waals surface area contributed by atoms with E-state index >= 15 is 0 Å². The van der Waals surface area contributed by atoms with Crippen LogP contribution in [0.5, 0.6) is 0 Å². The van der Waals surface area contributed by atoms with Crippen LogP contribution >= 0.6 is 11.6 Å². The molecule has 0 aliphatic carbocycles. The van der Waals surface area contributed by atoms with E-state index in [2.05, 4.69) is 36.9 Å². The molecule has 2 rings (SSSR count). The topological polar surface area (TPSA) is 29.3 Å². The first kappa shape index (κ1) is 13.9. The van der Waals surface area contributed by atoms with Crippen molar-refractivity contribution < 1.29 is 0 Å². The molecule has 1 aromatic carbocycles. The second-order valence-electron chi connectivity index (χ2n) is 5.79. The lowest BCUT2D eigenvalue weighted by Gasteiger charge is -2.28. The Morgan fingerprint density at radius 1 is 1.44 bits per heavy atom. The first-order valence-electron chi connectivity index (χ1n) is 6.74. The molecule has 3 heteroatoms. The summed E-state index contributed by atoms with van der Waals surface area (Å²) in [6, 6.07) is 6.90. The molecule has 1 fully saturated rings. The van der Waals surface area contributed by atoms with E-state index in [4.69, 9.17) is 17.3 Å². The molecule has 2 unspecified atom stereocenters. The molecule has 1 aliphatic heterocycles. The molecule has 18 heavy (non-hydrogen) atoms. The van der Waals surface area contributed by atoms with Crippen LogP contribution in [0.25, 0.3) is 0 Å². The van der Waals surface area contributed by atoms with Gasteiger partial charge in [0.2, 0.25) is 0 Å². The second kappa shape index (κ2) is 5.60. The van der Waals surface area contributed by atoms with E-state index < -0.39 is 0 Å². The highest BCUT2D eigenvalue weighted by Gasteiger charge is 2.33. The van der Waals surface area contributed by atoms with Gasteiger partial charge in [-0.2, -0.15) is 0 Å². The minimum absolute atomic E-state index is 0.225. The number of nitrogens with zero attached hydrogens (tertiary/aromatic N) is 1. The van der Waals surface area contributed by atoms with Gasteiger partial charge in [0.15, 0.2) is 0 Å². The fraction of sp³-hybridized carbons (Fsp3) is 0.600. The smallest absolute Gasteiger partial charge is 0.0500 e. The van der Waals surface area contributed by atoms with Gasteiger partial charge in [0.05, 0.1) is 0 Å². The fourth-order valence-corrected chi connectivity index (χ4v) is 3.00. The molecule has 1 heterocycles. The molecule has 2 atom stereocenters. The Morgan fingerprint density at radius 3 is 2.78 bits per heavy atom. The largest absolute Gasteiger partial charge is 0.326 e. The standard InChI is InChI=1S/C15H23ClN2/c1-10(2)9-18-7-6-14(17)15(18)12-5-4-11(3)13(16)8-12/h4-5,8,10,14-15H,6-7,9,17H2,1-3H3. The lowest BCUT2D eigenvalue weighted by molar-refractivity contribution is 0.221. The third-order valence-electron chi connectivity index (χ3n) is 3.69. The summed E-state index contributed by atoms with van der Waals surface area (Å²) in [5.41, 5.74) is 8.67. The normalized spacial score (nSPS) is 25.0. The van der Waals surface area contributed by atoms with Gasteiger partial charge in [-0.25, -0.2) is 0 Å². The highest BCUT2D eigenvalue weighted by molar-refractivity contribution is 6.31. The summed E-state index contributed by atoms with van der Waals surface area (Å²) in [7, 11) is 0. The van der Waals surface area contributed by atoms with E-state index in [-0.39, 0.29) is 6.04 Å². The average Bonchev–Trinajstić information content (AvgIpc) is 2.63. The number of aryl methyl sites for hydroxylation is 1. The Bertz CT molecular complexity index is 417. The van der Waals surface area contributed by atoms with E-state index in [1.54, 1.807) is 0 Å². The van der Waals surface area contributed by atoms with E-state index in [0.29, 0.717) is 12.0 Å². The van der Waals surface area contributed by atoms with Crippen molar-refractivity contribution in [2.24, 2.45) is 11.7 Å². The van der Waals surface area contributed by atoms with Crippen molar-refractivity contribution in [3.8, 4) is 0 Å². The summed E-state index contributed by atoms with van der Waals surface area (Å²) < 4.78 is 0. The third-order valence-corrected chi connectivity index (χ3v) is 4.09. The molecule has 1 saturated heterocycles. The summed E-state index contributed by atoms with van der Waals surface area (Å²) in [5, 5.41) is 0.844. The lowest BCUT2D eigenvalue weighted by Crippen LogP contribution is -2.33. The number of nitrogens with two attached hydrogens (primary N) is 1. The molecule has 0 aromatic heterocycles. The molecule has 100 valence electrons. The van der Waals surface area contributed by atoms with Gasteiger partial charge in [-0.15, -0.1) is 0 Å². The number of hydrogen-bond acceptors (Lipinski definition) is 2. The SMILES string of the molecule is Cc1ccc(C2C(N)CCN2CC(C)C)cc1Cl. The lowest BCUT2D eigenvalue weighted by atomic mass is 9.99. The summed E-state index contributed by atoms with van der Waals surface area (Å²) in [6.07, 6.45) is 1.07. The van der Waals surface area contributed by atoms with Crippen molar-refractivity contribution in [2.75, 3.05) is 13.1 Å². The van der Waals surface area contributed by atoms with Crippen molar-refractivity contribution >= 4 is 11.6 Å². The summed E-state index contributed by atoms with van der Waals surface area (Å²) >= 11 is 6.23. The van der Waals surface area contributed by atoms with Gasteiger partial charge < -0.3 is 5.73 Å². The minimum atomic E-state index is 0.225. The molecule has 2 N–H and O–H groups in total. The number of benzene rings is 1. The monoisotopic (exact) mass is 266 g/mol. The maximum absolute atomic E-state index is 6.28. The highest BCUT2D eigenvalue weighted by Crippen LogP contribution is 2.33. The first-order chi connectivity index (χ1) is 8.49. The van der Waals surface area contributed by atoms with E-state index in [1.165, 1.54) is 5.56 Å². The Labute approximate surface area is 115 Å². The van der Waals surface area contributed by atoms with Crippen LogP contribution in [0, 0.1) is 12.8 Å². The summed E-state index contributed by atoms with van der Waals surface area (Å²) in [4.78, 5) is 2.50. The Balaban J connectivity index is 2.24. The van der Waals surface area contributed by atoms with Crippen LogP contribution in [-0.2, 0) is 0 Å². The zero-order valence-electron chi connectivity index (χ0n) is 11.5. The van der Waals surface area contributed by atoms with E-state index in [1.807, 2.05) is 6.92 Å². The first-order valence-corrected chi connectivity index (χ1v) is 7.12. The predicted octanol–water partition coefficient (Wildman–Crippen LogP) is 3.38. The van der Waals surface area contributed by atoms with Crippen molar-refractivity contribution in [1.29, 1.82) is 0 Å². The van der Waals surface area contributed by atoms with Gasteiger partial charge in [-0.3, -0.25) is 4.90 Å². The van der Waals surface area contributed by atoms with Gasteiger partial charge in [0, 0.05) is 30.2 Å². The molecule has 0 radical (unpaired) electrons. The molecular weight excluding hydrogens is 244 g/mol. The fourth-order valence-electron chi connectivity index (χ4n) is 2.81. The molecule has 1 aromatic rings. The third kappa shape index (κ3) is 2.87. The maximum atomic E-state index is 6.28. The van der Waals surface area contributed by atoms with E-state index in [9.17, 15) is 0 Å². The Morgan fingerprint density at radius 2 is 2.17 bits per heavy atom. The van der Waals surface area contributed by atoms with E-state index in [0.717, 1.165) is 30.1 Å². The van der Waals surface area contributed by atoms with Crippen LogP contribution in [0.2, 0.25) is 5.02 Å². The molecule has 1 aliphatic rings. The molecule has 0 bridgehead atoms. The molecule has 0 spiro atoms. The predicted molar refractivity (Wildman–Crippen MR) is 77.9 cm³/mol. The second-order valence-corrected chi connectivity index (χ2v) is 6.20.